The van der Waals surface area contributed by atoms with Gasteiger partial charge in [0.15, 0.2) is 0 Å². The van der Waals surface area contributed by atoms with Crippen molar-refractivity contribution >= 4 is 27.6 Å². The van der Waals surface area contributed by atoms with E-state index in [4.69, 9.17) is 10.1 Å². The van der Waals surface area contributed by atoms with Crippen LogP contribution in [0.15, 0.2) is 36.7 Å². The van der Waals surface area contributed by atoms with Gasteiger partial charge in [0, 0.05) is 17.1 Å². The quantitative estimate of drug-likeness (QED) is 0.769. The number of nitrogens with zero attached hydrogens (tertiary/aromatic N) is 3. The molecule has 1 N–H and O–H groups in total. The summed E-state index contributed by atoms with van der Waals surface area (Å²) in [5.41, 5.74) is 2.51. The number of aromatic nitrogens is 2. The molecule has 1 aliphatic rings. The van der Waals surface area contributed by atoms with Gasteiger partial charge in [-0.2, -0.15) is 0 Å². The van der Waals surface area contributed by atoms with E-state index >= 15 is 0 Å². The average molecular weight is 354 g/mol. The van der Waals surface area contributed by atoms with Crippen LogP contribution in [0.4, 0.5) is 4.79 Å². The predicted octanol–water partition coefficient (Wildman–Crippen LogP) is 3.08. The molecule has 3 aromatic rings. The van der Waals surface area contributed by atoms with Crippen LogP contribution in [0.5, 0.6) is 0 Å². The van der Waals surface area contributed by atoms with Gasteiger partial charge in [-0.1, -0.05) is 18.2 Å². The molecule has 0 radical (unpaired) electrons. The second kappa shape index (κ2) is 6.33. The lowest BCUT2D eigenvalue weighted by Crippen LogP contribution is -2.36. The minimum atomic E-state index is -0.274. The molecular weight excluding hydrogens is 336 g/mol. The number of amides is 1. The van der Waals surface area contributed by atoms with Crippen molar-refractivity contribution in [2.45, 2.75) is 19.9 Å². The minimum Gasteiger partial charge on any atom is -0.450 e. The molecule has 0 aliphatic carbocycles. The lowest BCUT2D eigenvalue weighted by atomic mass is 10.1. The van der Waals surface area contributed by atoms with Gasteiger partial charge >= 0.3 is 6.09 Å². The summed E-state index contributed by atoms with van der Waals surface area (Å²) in [6, 6.07) is 9.79. The Hall–Kier alpha value is -2.67. The van der Waals surface area contributed by atoms with Gasteiger partial charge in [-0.3, -0.25) is 9.98 Å². The molecule has 0 saturated carbocycles. The first-order valence-electron chi connectivity index (χ1n) is 8.22. The number of nitrogens with one attached hydrogen (secondary N) is 1. The van der Waals surface area contributed by atoms with E-state index in [1.165, 1.54) is 0 Å². The summed E-state index contributed by atoms with van der Waals surface area (Å²) in [6.07, 6.45) is 2.15. The van der Waals surface area contributed by atoms with Gasteiger partial charge in [0.25, 0.3) is 0 Å². The Bertz CT molecular complexity index is 993. The second-order valence-electron chi connectivity index (χ2n) is 5.85. The normalized spacial score (nSPS) is 13.7. The highest BCUT2D eigenvalue weighted by Crippen LogP contribution is 2.32. The fourth-order valence-electron chi connectivity index (χ4n) is 3.17. The van der Waals surface area contributed by atoms with Crippen LogP contribution in [0.1, 0.15) is 17.4 Å². The number of carbonyl (C=O) groups excluding carboxylic acids is 1. The zero-order valence-corrected chi connectivity index (χ0v) is 14.7. The van der Waals surface area contributed by atoms with Gasteiger partial charge in [0.05, 0.1) is 18.5 Å². The van der Waals surface area contributed by atoms with E-state index in [-0.39, 0.29) is 6.09 Å². The number of thiophene rings is 1. The molecule has 1 amide bonds. The molecule has 0 spiro atoms. The van der Waals surface area contributed by atoms with E-state index in [1.807, 2.05) is 37.3 Å². The van der Waals surface area contributed by atoms with Crippen molar-refractivity contribution in [2.24, 2.45) is 0 Å². The molecule has 1 aliphatic heterocycles. The molecule has 4 rings (SSSR count). The fraction of sp³-hybridized carbons (Fsp3) is 0.278. The molecule has 0 unspecified atom stereocenters. The van der Waals surface area contributed by atoms with Crippen LogP contribution in [0, 0.1) is 5.41 Å². The summed E-state index contributed by atoms with van der Waals surface area (Å²) in [5.74, 6) is 0. The summed E-state index contributed by atoms with van der Waals surface area (Å²) < 4.78 is 6.90. The Balaban J connectivity index is 1.78. The average Bonchev–Trinajstić information content (AvgIpc) is 3.01. The molecule has 0 bridgehead atoms. The lowest BCUT2D eigenvalue weighted by molar-refractivity contribution is 0.103. The number of hydrogen-bond acceptors (Lipinski definition) is 5. The van der Waals surface area contributed by atoms with E-state index < -0.39 is 0 Å². The van der Waals surface area contributed by atoms with Crippen LogP contribution in [0.2, 0.25) is 0 Å². The Morgan fingerprint density at radius 2 is 2.16 bits per heavy atom. The van der Waals surface area contributed by atoms with Crippen molar-refractivity contribution in [3.05, 3.63) is 52.6 Å². The number of carbonyl (C=O) groups is 1. The summed E-state index contributed by atoms with van der Waals surface area (Å²) in [6.45, 7) is 3.33. The van der Waals surface area contributed by atoms with E-state index in [9.17, 15) is 4.79 Å². The Labute approximate surface area is 148 Å². The lowest BCUT2D eigenvalue weighted by Gasteiger charge is -2.26. The summed E-state index contributed by atoms with van der Waals surface area (Å²) in [7, 11) is 0. The maximum absolute atomic E-state index is 12.0. The molecule has 1 aromatic carbocycles. The fourth-order valence-corrected chi connectivity index (χ4v) is 4.37. The smallest absolute Gasteiger partial charge is 0.410 e. The molecule has 0 saturated heterocycles. The summed E-state index contributed by atoms with van der Waals surface area (Å²) in [4.78, 5) is 20.2. The molecule has 2 aromatic heterocycles. The highest BCUT2D eigenvalue weighted by Gasteiger charge is 2.26. The predicted molar refractivity (Wildman–Crippen MR) is 95.9 cm³/mol. The van der Waals surface area contributed by atoms with E-state index in [0.717, 1.165) is 32.8 Å². The largest absolute Gasteiger partial charge is 0.450 e. The monoisotopic (exact) mass is 354 g/mol. The summed E-state index contributed by atoms with van der Waals surface area (Å²) in [5, 5.41) is 9.56. The first kappa shape index (κ1) is 15.8. The van der Waals surface area contributed by atoms with Crippen molar-refractivity contribution in [1.29, 1.82) is 5.41 Å². The van der Waals surface area contributed by atoms with Crippen LogP contribution in [0.25, 0.3) is 15.9 Å². The second-order valence-corrected chi connectivity index (χ2v) is 6.94. The van der Waals surface area contributed by atoms with Crippen molar-refractivity contribution in [2.75, 3.05) is 13.2 Å². The molecule has 3 heterocycles. The van der Waals surface area contributed by atoms with Gasteiger partial charge < -0.3 is 9.64 Å². The maximum atomic E-state index is 12.0. The van der Waals surface area contributed by atoms with E-state index in [1.54, 1.807) is 27.1 Å². The zero-order chi connectivity index (χ0) is 17.4. The van der Waals surface area contributed by atoms with E-state index in [2.05, 4.69) is 4.98 Å². The van der Waals surface area contributed by atoms with Crippen LogP contribution < -0.4 is 5.49 Å². The Morgan fingerprint density at radius 1 is 1.36 bits per heavy atom. The van der Waals surface area contributed by atoms with Gasteiger partial charge in [-0.05, 0) is 31.0 Å². The van der Waals surface area contributed by atoms with Crippen molar-refractivity contribution < 1.29 is 9.53 Å². The highest BCUT2D eigenvalue weighted by molar-refractivity contribution is 7.18. The third-order valence-electron chi connectivity index (χ3n) is 4.37. The number of para-hydroxylation sites is 1. The molecule has 0 atom stereocenters. The number of fused-ring (bicyclic) bond motifs is 3. The van der Waals surface area contributed by atoms with Gasteiger partial charge in [-0.15, -0.1) is 11.3 Å². The first-order valence-corrected chi connectivity index (χ1v) is 9.04. The molecule has 25 heavy (non-hydrogen) atoms. The third kappa shape index (κ3) is 2.70. The first-order chi connectivity index (χ1) is 12.2. The van der Waals surface area contributed by atoms with Crippen LogP contribution >= 0.6 is 11.3 Å². The van der Waals surface area contributed by atoms with Crippen molar-refractivity contribution in [1.82, 2.24) is 14.5 Å². The maximum Gasteiger partial charge on any atom is 0.410 e. The number of hydrogen-bond donors (Lipinski definition) is 1. The van der Waals surface area contributed by atoms with Crippen LogP contribution in [-0.4, -0.2) is 33.7 Å². The molecular formula is C18H18N4O2S. The topological polar surface area (TPSA) is 71.2 Å². The zero-order valence-electron chi connectivity index (χ0n) is 13.9. The van der Waals surface area contributed by atoms with Gasteiger partial charge in [0.1, 0.15) is 16.6 Å². The molecule has 128 valence electrons. The van der Waals surface area contributed by atoms with Gasteiger partial charge in [-0.25, -0.2) is 9.78 Å². The minimum absolute atomic E-state index is 0.274. The number of rotatable bonds is 2. The molecule has 6 nitrogen and oxygen atoms in total. The highest BCUT2D eigenvalue weighted by atomic mass is 32.1. The molecule has 7 heteroatoms. The van der Waals surface area contributed by atoms with E-state index in [0.29, 0.717) is 25.2 Å². The van der Waals surface area contributed by atoms with Crippen LogP contribution in [0.3, 0.4) is 0 Å². The number of benzene rings is 1. The molecule has 0 fully saturated rings. The third-order valence-corrected chi connectivity index (χ3v) is 5.49. The Morgan fingerprint density at radius 3 is 2.92 bits per heavy atom. The number of ether oxygens (including phenoxy) is 1. The van der Waals surface area contributed by atoms with Crippen LogP contribution in [-0.2, 0) is 17.7 Å². The summed E-state index contributed by atoms with van der Waals surface area (Å²) >= 11 is 1.56. The standard InChI is InChI=1S/C18H18N4O2S/c1-2-24-18(23)21-9-8-13-14(10-21)25-17-15(13)16(19)22(11-20-17)12-6-4-3-5-7-12/h3-7,11,19H,2,8-10H2,1H3. The van der Waals surface area contributed by atoms with Crippen molar-refractivity contribution in [3.63, 3.8) is 0 Å². The SMILES string of the molecule is CCOC(=O)N1CCc2c(sc3ncn(-c4ccccc4)c(=N)c23)C1. The van der Waals surface area contributed by atoms with Gasteiger partial charge in [0.2, 0.25) is 0 Å². The Kier molecular flexibility index (Phi) is 4.01. The van der Waals surface area contributed by atoms with Crippen molar-refractivity contribution in [3.8, 4) is 5.69 Å².